The molecular formula is C25H23N3O4S. The number of anilines is 2. The Morgan fingerprint density at radius 1 is 1.03 bits per heavy atom. The standard InChI is InChI=1S/C25H23N3O4S/c1-16-5-9-18(10-6-16)27-33(31,32)20-13-14-24-23(15-20)21-3-2-4-22(21)25(26-24)17-7-11-19(12-8-17)28(29)30/h2-3,5-15,21-22,25-27H,4H2,1H3/t21-,22+,25+/m0/s1. The number of nitro benzene ring substituents is 1. The van der Waals surface area contributed by atoms with Crippen LogP contribution in [0.15, 0.2) is 83.8 Å². The second-order valence-corrected chi connectivity index (χ2v) is 10.2. The Hall–Kier alpha value is -3.65. The summed E-state index contributed by atoms with van der Waals surface area (Å²) < 4.78 is 28.7. The normalized spacial score (nSPS) is 21.1. The van der Waals surface area contributed by atoms with Crippen molar-refractivity contribution in [2.24, 2.45) is 5.92 Å². The number of allylic oxidation sites excluding steroid dienone is 2. The van der Waals surface area contributed by atoms with Crippen LogP contribution in [0.2, 0.25) is 0 Å². The van der Waals surface area contributed by atoms with Crippen LogP contribution in [0.4, 0.5) is 17.1 Å². The molecule has 0 spiro atoms. The molecule has 1 aliphatic heterocycles. The molecule has 0 amide bonds. The van der Waals surface area contributed by atoms with Crippen LogP contribution in [0.3, 0.4) is 0 Å². The molecule has 3 aromatic carbocycles. The summed E-state index contributed by atoms with van der Waals surface area (Å²) in [7, 11) is -3.73. The van der Waals surface area contributed by atoms with E-state index in [0.717, 1.165) is 28.8 Å². The van der Waals surface area contributed by atoms with Crippen molar-refractivity contribution < 1.29 is 13.3 Å². The van der Waals surface area contributed by atoms with E-state index in [0.29, 0.717) is 5.69 Å². The lowest BCUT2D eigenvalue weighted by Gasteiger charge is -2.37. The van der Waals surface area contributed by atoms with Crippen LogP contribution < -0.4 is 10.0 Å². The van der Waals surface area contributed by atoms with Crippen molar-refractivity contribution in [3.63, 3.8) is 0 Å². The quantitative estimate of drug-likeness (QED) is 0.295. The molecular weight excluding hydrogens is 438 g/mol. The third kappa shape index (κ3) is 3.98. The Kier molecular flexibility index (Phi) is 5.17. The first-order valence-corrected chi connectivity index (χ1v) is 12.2. The van der Waals surface area contributed by atoms with Crippen LogP contribution in [0.1, 0.15) is 35.1 Å². The van der Waals surface area contributed by atoms with Gasteiger partial charge in [-0.1, -0.05) is 42.0 Å². The number of aryl methyl sites for hydroxylation is 1. The van der Waals surface area contributed by atoms with Gasteiger partial charge in [-0.2, -0.15) is 0 Å². The van der Waals surface area contributed by atoms with E-state index in [1.807, 2.05) is 19.1 Å². The van der Waals surface area contributed by atoms with Crippen LogP contribution in [-0.2, 0) is 10.0 Å². The van der Waals surface area contributed by atoms with Gasteiger partial charge in [0.25, 0.3) is 15.7 Å². The molecule has 2 N–H and O–H groups in total. The minimum absolute atomic E-state index is 0.0218. The van der Waals surface area contributed by atoms with Gasteiger partial charge in [-0.05, 0) is 60.7 Å². The molecule has 2 aliphatic rings. The molecule has 5 rings (SSSR count). The van der Waals surface area contributed by atoms with Gasteiger partial charge in [-0.15, -0.1) is 0 Å². The smallest absolute Gasteiger partial charge is 0.269 e. The predicted molar refractivity (Wildman–Crippen MR) is 128 cm³/mol. The fourth-order valence-electron chi connectivity index (χ4n) is 4.71. The van der Waals surface area contributed by atoms with Crippen molar-refractivity contribution in [3.05, 3.63) is 106 Å². The zero-order valence-corrected chi connectivity index (χ0v) is 18.7. The van der Waals surface area contributed by atoms with Crippen molar-refractivity contribution in [1.82, 2.24) is 0 Å². The number of benzene rings is 3. The van der Waals surface area contributed by atoms with Crippen LogP contribution in [-0.4, -0.2) is 13.3 Å². The van der Waals surface area contributed by atoms with Crippen molar-refractivity contribution >= 4 is 27.1 Å². The fourth-order valence-corrected chi connectivity index (χ4v) is 5.80. The number of nitrogens with zero attached hydrogens (tertiary/aromatic N) is 1. The third-order valence-corrected chi connectivity index (χ3v) is 7.79. The van der Waals surface area contributed by atoms with Gasteiger partial charge in [0.1, 0.15) is 0 Å². The molecule has 0 bridgehead atoms. The zero-order chi connectivity index (χ0) is 23.2. The Labute approximate surface area is 192 Å². The largest absolute Gasteiger partial charge is 0.378 e. The minimum atomic E-state index is -3.73. The Bertz CT molecular complexity index is 1350. The monoisotopic (exact) mass is 461 g/mol. The van der Waals surface area contributed by atoms with E-state index in [4.69, 9.17) is 0 Å². The first-order chi connectivity index (χ1) is 15.8. The number of sulfonamides is 1. The molecule has 8 heteroatoms. The molecule has 1 aliphatic carbocycles. The van der Waals surface area contributed by atoms with Crippen molar-refractivity contribution in [2.45, 2.75) is 30.2 Å². The second-order valence-electron chi connectivity index (χ2n) is 8.54. The summed E-state index contributed by atoms with van der Waals surface area (Å²) in [6.45, 7) is 1.95. The van der Waals surface area contributed by atoms with Crippen LogP contribution in [0.25, 0.3) is 0 Å². The Morgan fingerprint density at radius 3 is 2.45 bits per heavy atom. The highest BCUT2D eigenvalue weighted by Gasteiger charge is 2.38. The van der Waals surface area contributed by atoms with Gasteiger partial charge in [0.05, 0.1) is 15.9 Å². The maximum absolute atomic E-state index is 13.0. The van der Waals surface area contributed by atoms with Crippen LogP contribution in [0, 0.1) is 23.0 Å². The number of nitro groups is 1. The summed E-state index contributed by atoms with van der Waals surface area (Å²) >= 11 is 0. The van der Waals surface area contributed by atoms with Gasteiger partial charge in [0.2, 0.25) is 0 Å². The molecule has 3 aromatic rings. The number of nitrogens with one attached hydrogen (secondary N) is 2. The highest BCUT2D eigenvalue weighted by molar-refractivity contribution is 7.92. The molecule has 0 saturated carbocycles. The molecule has 1 heterocycles. The van der Waals surface area contributed by atoms with E-state index in [9.17, 15) is 18.5 Å². The van der Waals surface area contributed by atoms with E-state index in [1.54, 1.807) is 42.5 Å². The molecule has 0 unspecified atom stereocenters. The highest BCUT2D eigenvalue weighted by atomic mass is 32.2. The highest BCUT2D eigenvalue weighted by Crippen LogP contribution is 2.50. The number of hydrogen-bond acceptors (Lipinski definition) is 5. The lowest BCUT2D eigenvalue weighted by Crippen LogP contribution is -2.29. The number of rotatable bonds is 5. The third-order valence-electron chi connectivity index (χ3n) is 6.41. The zero-order valence-electron chi connectivity index (χ0n) is 17.9. The summed E-state index contributed by atoms with van der Waals surface area (Å²) in [6.07, 6.45) is 5.10. The average molecular weight is 462 g/mol. The molecule has 3 atom stereocenters. The topological polar surface area (TPSA) is 101 Å². The van der Waals surface area contributed by atoms with E-state index in [2.05, 4.69) is 22.2 Å². The molecule has 33 heavy (non-hydrogen) atoms. The number of fused-ring (bicyclic) bond motifs is 3. The Balaban J connectivity index is 1.46. The molecule has 0 saturated heterocycles. The lowest BCUT2D eigenvalue weighted by atomic mass is 9.77. The summed E-state index contributed by atoms with van der Waals surface area (Å²) in [5.41, 5.74) is 4.43. The fraction of sp³-hybridized carbons (Fsp3) is 0.200. The number of hydrogen-bond donors (Lipinski definition) is 2. The van der Waals surface area contributed by atoms with E-state index in [1.165, 1.54) is 12.1 Å². The van der Waals surface area contributed by atoms with Gasteiger partial charge in [0, 0.05) is 29.4 Å². The summed E-state index contributed by atoms with van der Waals surface area (Å²) in [5.74, 6) is 0.262. The van der Waals surface area contributed by atoms with E-state index >= 15 is 0 Å². The molecule has 0 radical (unpaired) electrons. The van der Waals surface area contributed by atoms with Crippen LogP contribution >= 0.6 is 0 Å². The van der Waals surface area contributed by atoms with Crippen molar-refractivity contribution in [1.29, 1.82) is 0 Å². The molecule has 0 fully saturated rings. The van der Waals surface area contributed by atoms with Crippen LogP contribution in [0.5, 0.6) is 0 Å². The molecule has 168 valence electrons. The first kappa shape index (κ1) is 21.2. The molecule has 0 aromatic heterocycles. The Morgan fingerprint density at radius 2 is 1.76 bits per heavy atom. The molecule has 7 nitrogen and oxygen atoms in total. The van der Waals surface area contributed by atoms with Crippen molar-refractivity contribution in [3.8, 4) is 0 Å². The first-order valence-electron chi connectivity index (χ1n) is 10.7. The van der Waals surface area contributed by atoms with Gasteiger partial charge >= 0.3 is 0 Å². The van der Waals surface area contributed by atoms with Crippen molar-refractivity contribution in [2.75, 3.05) is 10.0 Å². The van der Waals surface area contributed by atoms with E-state index in [-0.39, 0.29) is 28.5 Å². The lowest BCUT2D eigenvalue weighted by molar-refractivity contribution is -0.384. The summed E-state index contributed by atoms with van der Waals surface area (Å²) in [4.78, 5) is 10.8. The summed E-state index contributed by atoms with van der Waals surface area (Å²) in [6, 6.07) is 19.0. The minimum Gasteiger partial charge on any atom is -0.378 e. The van der Waals surface area contributed by atoms with Gasteiger partial charge in [0.15, 0.2) is 0 Å². The van der Waals surface area contributed by atoms with E-state index < -0.39 is 14.9 Å². The van der Waals surface area contributed by atoms with Gasteiger partial charge in [-0.25, -0.2) is 8.42 Å². The van der Waals surface area contributed by atoms with Gasteiger partial charge in [-0.3, -0.25) is 14.8 Å². The SMILES string of the molecule is Cc1ccc(NS(=O)(=O)c2ccc3c(c2)[C@H]2C=CC[C@H]2[C@@H](c2ccc([N+](=O)[O-])cc2)N3)cc1. The average Bonchev–Trinajstić information content (AvgIpc) is 3.30. The second kappa shape index (κ2) is 8.04. The summed E-state index contributed by atoms with van der Waals surface area (Å²) in [5, 5.41) is 14.5. The number of non-ortho nitro benzene ring substituents is 1. The maximum atomic E-state index is 13.0. The maximum Gasteiger partial charge on any atom is 0.269 e. The van der Waals surface area contributed by atoms with Gasteiger partial charge < -0.3 is 5.32 Å². The predicted octanol–water partition coefficient (Wildman–Crippen LogP) is 5.53.